The van der Waals surface area contributed by atoms with Crippen LogP contribution in [0.3, 0.4) is 0 Å². The zero-order valence-electron chi connectivity index (χ0n) is 17.5. The molecule has 0 aromatic heterocycles. The van der Waals surface area contributed by atoms with Crippen LogP contribution >= 0.6 is 0 Å². The Morgan fingerprint density at radius 1 is 1.03 bits per heavy atom. The highest BCUT2D eigenvalue weighted by molar-refractivity contribution is 5.96. The largest absolute Gasteiger partial charge is 0.507 e. The standard InChI is InChI=1S/C24H31NO4/c1-4-6-18(5-2)11-14-23(27)25(16-19-9-7-17(3)8-10-19)20-12-13-21(24(28)29)22(26)15-20/h7-10,12-13,15,18,26H,4-6,11,14,16H2,1-3H3,(H,28,29). The van der Waals surface area contributed by atoms with Gasteiger partial charge in [-0.05, 0) is 37.0 Å². The van der Waals surface area contributed by atoms with Crippen molar-refractivity contribution in [3.63, 3.8) is 0 Å². The molecule has 1 unspecified atom stereocenters. The topological polar surface area (TPSA) is 77.8 Å². The van der Waals surface area contributed by atoms with Gasteiger partial charge >= 0.3 is 5.97 Å². The predicted molar refractivity (Wildman–Crippen MR) is 115 cm³/mol. The van der Waals surface area contributed by atoms with Gasteiger partial charge in [0.15, 0.2) is 0 Å². The van der Waals surface area contributed by atoms with Crippen LogP contribution in [0.5, 0.6) is 5.75 Å². The third-order valence-corrected chi connectivity index (χ3v) is 5.33. The molecule has 0 saturated heterocycles. The third-order valence-electron chi connectivity index (χ3n) is 5.33. The van der Waals surface area contributed by atoms with Crippen LogP contribution < -0.4 is 4.90 Å². The van der Waals surface area contributed by atoms with Crippen molar-refractivity contribution in [3.8, 4) is 5.75 Å². The number of carboxylic acid groups (broad SMARTS) is 1. The van der Waals surface area contributed by atoms with E-state index in [2.05, 4.69) is 13.8 Å². The van der Waals surface area contributed by atoms with Crippen molar-refractivity contribution in [2.45, 2.75) is 59.4 Å². The molecule has 5 heteroatoms. The zero-order chi connectivity index (χ0) is 21.4. The van der Waals surface area contributed by atoms with Gasteiger partial charge in [0.2, 0.25) is 5.91 Å². The molecule has 0 aliphatic carbocycles. The van der Waals surface area contributed by atoms with Crippen LogP contribution in [0.2, 0.25) is 0 Å². The molecule has 0 spiro atoms. The highest BCUT2D eigenvalue weighted by atomic mass is 16.4. The summed E-state index contributed by atoms with van der Waals surface area (Å²) in [6, 6.07) is 12.2. The van der Waals surface area contributed by atoms with Gasteiger partial charge in [-0.15, -0.1) is 0 Å². The number of nitrogens with zero attached hydrogens (tertiary/aromatic N) is 1. The van der Waals surface area contributed by atoms with Gasteiger partial charge in [-0.3, -0.25) is 4.79 Å². The Morgan fingerprint density at radius 2 is 1.72 bits per heavy atom. The fraction of sp³-hybridized carbons (Fsp3) is 0.417. The fourth-order valence-electron chi connectivity index (χ4n) is 3.49. The first kappa shape index (κ1) is 22.5. The molecule has 1 atom stereocenters. The van der Waals surface area contributed by atoms with Crippen molar-refractivity contribution in [1.82, 2.24) is 0 Å². The Balaban J connectivity index is 2.27. The van der Waals surface area contributed by atoms with Crippen LogP contribution in [-0.2, 0) is 11.3 Å². The number of anilines is 1. The van der Waals surface area contributed by atoms with Crippen LogP contribution in [0.4, 0.5) is 5.69 Å². The molecular formula is C24H31NO4. The van der Waals surface area contributed by atoms with E-state index in [0.29, 0.717) is 24.6 Å². The summed E-state index contributed by atoms with van der Waals surface area (Å²) in [5.41, 5.74) is 2.44. The number of rotatable bonds is 10. The van der Waals surface area contributed by atoms with Crippen LogP contribution in [-0.4, -0.2) is 22.1 Å². The second-order valence-corrected chi connectivity index (χ2v) is 7.57. The summed E-state index contributed by atoms with van der Waals surface area (Å²) in [6.07, 6.45) is 4.51. The van der Waals surface area contributed by atoms with Gasteiger partial charge in [-0.1, -0.05) is 62.9 Å². The zero-order valence-corrected chi connectivity index (χ0v) is 17.5. The fourth-order valence-corrected chi connectivity index (χ4v) is 3.49. The van der Waals surface area contributed by atoms with E-state index in [-0.39, 0.29) is 17.2 Å². The minimum atomic E-state index is -1.20. The Labute approximate surface area is 173 Å². The highest BCUT2D eigenvalue weighted by Crippen LogP contribution is 2.28. The first-order chi connectivity index (χ1) is 13.8. The summed E-state index contributed by atoms with van der Waals surface area (Å²) in [5.74, 6) is -1.04. The molecule has 0 bridgehead atoms. The molecule has 0 heterocycles. The van der Waals surface area contributed by atoms with Gasteiger partial charge in [-0.2, -0.15) is 0 Å². The summed E-state index contributed by atoms with van der Waals surface area (Å²) in [6.45, 7) is 6.68. The number of hydrogen-bond donors (Lipinski definition) is 2. The minimum Gasteiger partial charge on any atom is -0.507 e. The van der Waals surface area contributed by atoms with Gasteiger partial charge < -0.3 is 15.1 Å². The van der Waals surface area contributed by atoms with E-state index in [1.54, 1.807) is 11.0 Å². The van der Waals surface area contributed by atoms with E-state index in [1.807, 2.05) is 31.2 Å². The Morgan fingerprint density at radius 3 is 2.28 bits per heavy atom. The van der Waals surface area contributed by atoms with Gasteiger partial charge in [0.25, 0.3) is 0 Å². The van der Waals surface area contributed by atoms with Gasteiger partial charge in [0.05, 0.1) is 6.54 Å². The molecule has 2 rings (SSSR count). The number of hydrogen-bond acceptors (Lipinski definition) is 3. The number of aromatic carboxylic acids is 1. The summed E-state index contributed by atoms with van der Waals surface area (Å²) in [5, 5.41) is 19.3. The van der Waals surface area contributed by atoms with Gasteiger partial charge in [0, 0.05) is 18.2 Å². The number of carbonyl (C=O) groups excluding carboxylic acids is 1. The summed E-state index contributed by atoms with van der Waals surface area (Å²) >= 11 is 0. The monoisotopic (exact) mass is 397 g/mol. The van der Waals surface area contributed by atoms with E-state index in [0.717, 1.165) is 36.8 Å². The lowest BCUT2D eigenvalue weighted by Crippen LogP contribution is -2.30. The molecule has 2 aromatic carbocycles. The van der Waals surface area contributed by atoms with Crippen LogP contribution in [0.1, 0.15) is 67.4 Å². The number of aromatic hydroxyl groups is 1. The molecule has 0 saturated carbocycles. The lowest BCUT2D eigenvalue weighted by molar-refractivity contribution is -0.119. The number of amides is 1. The first-order valence-corrected chi connectivity index (χ1v) is 10.3. The molecule has 2 aromatic rings. The van der Waals surface area contributed by atoms with Crippen LogP contribution in [0.15, 0.2) is 42.5 Å². The number of carbonyl (C=O) groups is 2. The SMILES string of the molecule is CCCC(CC)CCC(=O)N(Cc1ccc(C)cc1)c1ccc(C(=O)O)c(O)c1. The molecule has 5 nitrogen and oxygen atoms in total. The molecule has 2 N–H and O–H groups in total. The lowest BCUT2D eigenvalue weighted by atomic mass is 9.95. The molecule has 29 heavy (non-hydrogen) atoms. The maximum atomic E-state index is 13.1. The molecule has 0 fully saturated rings. The van der Waals surface area contributed by atoms with Crippen molar-refractivity contribution >= 4 is 17.6 Å². The van der Waals surface area contributed by atoms with E-state index >= 15 is 0 Å². The Hall–Kier alpha value is -2.82. The van der Waals surface area contributed by atoms with Gasteiger partial charge in [-0.25, -0.2) is 4.79 Å². The molecule has 0 aliphatic rings. The molecule has 0 radical (unpaired) electrons. The van der Waals surface area contributed by atoms with E-state index < -0.39 is 5.97 Å². The number of phenols is 1. The van der Waals surface area contributed by atoms with Crippen LogP contribution in [0, 0.1) is 12.8 Å². The summed E-state index contributed by atoms with van der Waals surface area (Å²) < 4.78 is 0. The summed E-state index contributed by atoms with van der Waals surface area (Å²) in [7, 11) is 0. The van der Waals surface area contributed by atoms with E-state index in [1.165, 1.54) is 12.1 Å². The predicted octanol–water partition coefficient (Wildman–Crippen LogP) is 5.54. The van der Waals surface area contributed by atoms with Crippen molar-refractivity contribution in [2.24, 2.45) is 5.92 Å². The van der Waals surface area contributed by atoms with Crippen LogP contribution in [0.25, 0.3) is 0 Å². The number of benzene rings is 2. The van der Waals surface area contributed by atoms with Crippen molar-refractivity contribution in [3.05, 3.63) is 59.2 Å². The Bertz CT molecular complexity index is 829. The average Bonchev–Trinajstić information content (AvgIpc) is 2.70. The van der Waals surface area contributed by atoms with Crippen molar-refractivity contribution < 1.29 is 19.8 Å². The normalized spacial score (nSPS) is 11.8. The highest BCUT2D eigenvalue weighted by Gasteiger charge is 2.20. The maximum absolute atomic E-state index is 13.1. The number of aryl methyl sites for hydroxylation is 1. The number of carboxylic acids is 1. The average molecular weight is 398 g/mol. The lowest BCUT2D eigenvalue weighted by Gasteiger charge is -2.25. The summed E-state index contributed by atoms with van der Waals surface area (Å²) in [4.78, 5) is 25.9. The second-order valence-electron chi connectivity index (χ2n) is 7.57. The third kappa shape index (κ3) is 6.34. The molecule has 1 amide bonds. The molecule has 156 valence electrons. The maximum Gasteiger partial charge on any atom is 0.339 e. The quantitative estimate of drug-likeness (QED) is 0.552. The van der Waals surface area contributed by atoms with E-state index in [9.17, 15) is 14.7 Å². The smallest absolute Gasteiger partial charge is 0.339 e. The Kier molecular flexibility index (Phi) is 8.25. The van der Waals surface area contributed by atoms with Gasteiger partial charge in [0.1, 0.15) is 11.3 Å². The molecular weight excluding hydrogens is 366 g/mol. The van der Waals surface area contributed by atoms with E-state index in [4.69, 9.17) is 5.11 Å². The first-order valence-electron chi connectivity index (χ1n) is 10.3. The second kappa shape index (κ2) is 10.6. The van der Waals surface area contributed by atoms with Crippen molar-refractivity contribution in [2.75, 3.05) is 4.90 Å². The molecule has 0 aliphatic heterocycles. The van der Waals surface area contributed by atoms with Crippen molar-refractivity contribution in [1.29, 1.82) is 0 Å². The minimum absolute atomic E-state index is 0.0254.